The Hall–Kier alpha value is -0.770. The van der Waals surface area contributed by atoms with Crippen molar-refractivity contribution in [2.24, 2.45) is 0 Å². The molecule has 0 fully saturated rings. The molecule has 0 bridgehead atoms. The van der Waals surface area contributed by atoms with Crippen molar-refractivity contribution in [3.63, 3.8) is 0 Å². The van der Waals surface area contributed by atoms with Gasteiger partial charge in [-0.3, -0.25) is 0 Å². The van der Waals surface area contributed by atoms with E-state index in [0.717, 1.165) is 10.2 Å². The van der Waals surface area contributed by atoms with Crippen LogP contribution in [0.3, 0.4) is 0 Å². The van der Waals surface area contributed by atoms with Gasteiger partial charge in [-0.05, 0) is 22.0 Å². The first-order valence-corrected chi connectivity index (χ1v) is 3.99. The number of nitrogens with zero attached hydrogens (tertiary/aromatic N) is 2. The highest BCUT2D eigenvalue weighted by molar-refractivity contribution is 9.10. The van der Waals surface area contributed by atoms with E-state index in [2.05, 4.69) is 20.9 Å². The van der Waals surface area contributed by atoms with E-state index in [4.69, 9.17) is 5.73 Å². The van der Waals surface area contributed by atoms with E-state index in [9.17, 15) is 0 Å². The fourth-order valence-electron chi connectivity index (χ4n) is 0.888. The second kappa shape index (κ2) is 3.09. The number of halogens is 1. The van der Waals surface area contributed by atoms with Crippen LogP contribution >= 0.6 is 15.9 Å². The summed E-state index contributed by atoms with van der Waals surface area (Å²) in [7, 11) is 3.86. The van der Waals surface area contributed by atoms with Crippen LogP contribution < -0.4 is 10.6 Å². The molecule has 0 aliphatic heterocycles. The molecule has 1 aromatic heterocycles. The van der Waals surface area contributed by atoms with E-state index >= 15 is 0 Å². The largest absolute Gasteiger partial charge is 0.382 e. The normalized spacial score (nSPS) is 9.73. The zero-order chi connectivity index (χ0) is 8.43. The summed E-state index contributed by atoms with van der Waals surface area (Å²) >= 11 is 3.39. The first kappa shape index (κ1) is 8.33. The van der Waals surface area contributed by atoms with Gasteiger partial charge in [0.05, 0.1) is 5.69 Å². The molecule has 3 nitrogen and oxygen atoms in total. The Morgan fingerprint density at radius 2 is 2.18 bits per heavy atom. The molecule has 0 aliphatic rings. The van der Waals surface area contributed by atoms with Gasteiger partial charge in [0.25, 0.3) is 0 Å². The lowest BCUT2D eigenvalue weighted by atomic mass is 10.4. The van der Waals surface area contributed by atoms with Crippen LogP contribution in [0.25, 0.3) is 0 Å². The van der Waals surface area contributed by atoms with Crippen LogP contribution in [0.4, 0.5) is 11.5 Å². The molecule has 11 heavy (non-hydrogen) atoms. The highest BCUT2D eigenvalue weighted by atomic mass is 79.9. The number of aromatic nitrogens is 1. The van der Waals surface area contributed by atoms with Crippen molar-refractivity contribution in [1.29, 1.82) is 0 Å². The second-order valence-corrected chi connectivity index (χ2v) is 3.28. The maximum absolute atomic E-state index is 5.64. The number of hydrogen-bond acceptors (Lipinski definition) is 3. The summed E-state index contributed by atoms with van der Waals surface area (Å²) in [6, 6.07) is 1.87. The lowest BCUT2D eigenvalue weighted by Gasteiger charge is -2.15. The number of nitrogen functional groups attached to an aromatic ring is 1. The summed E-state index contributed by atoms with van der Waals surface area (Å²) in [5, 5.41) is 0. The number of rotatable bonds is 1. The van der Waals surface area contributed by atoms with E-state index in [0.29, 0.717) is 5.82 Å². The Balaban J connectivity index is 3.21. The zero-order valence-corrected chi connectivity index (χ0v) is 8.09. The van der Waals surface area contributed by atoms with E-state index < -0.39 is 0 Å². The van der Waals surface area contributed by atoms with Crippen LogP contribution in [0, 0.1) is 0 Å². The molecule has 60 valence electrons. The molecule has 0 aliphatic carbocycles. The Morgan fingerprint density at radius 3 is 2.55 bits per heavy atom. The molecule has 1 heterocycles. The zero-order valence-electron chi connectivity index (χ0n) is 6.50. The SMILES string of the molecule is CN(C)c1c(Br)ccnc1N. The van der Waals surface area contributed by atoms with Crippen molar-refractivity contribution in [3.05, 3.63) is 16.7 Å². The molecule has 0 radical (unpaired) electrons. The maximum Gasteiger partial charge on any atom is 0.148 e. The standard InChI is InChI=1S/C7H10BrN3/c1-11(2)6-5(8)3-4-10-7(6)9/h3-4H,1-2H3,(H2,9,10). The Morgan fingerprint density at radius 1 is 1.55 bits per heavy atom. The van der Waals surface area contributed by atoms with E-state index in [1.54, 1.807) is 6.20 Å². The molecule has 4 heteroatoms. The molecule has 0 amide bonds. The third-order valence-corrected chi connectivity index (χ3v) is 1.99. The van der Waals surface area contributed by atoms with Crippen LogP contribution in [-0.2, 0) is 0 Å². The minimum atomic E-state index is 0.546. The fourth-order valence-corrected chi connectivity index (χ4v) is 1.56. The van der Waals surface area contributed by atoms with E-state index in [1.165, 1.54) is 0 Å². The topological polar surface area (TPSA) is 42.2 Å². The quantitative estimate of drug-likeness (QED) is 0.773. The number of pyridine rings is 1. The predicted molar refractivity (Wildman–Crippen MR) is 50.7 cm³/mol. The Labute approximate surface area is 74.3 Å². The monoisotopic (exact) mass is 215 g/mol. The molecule has 0 unspecified atom stereocenters. The van der Waals surface area contributed by atoms with Gasteiger partial charge in [0, 0.05) is 24.8 Å². The second-order valence-electron chi connectivity index (χ2n) is 2.42. The summed E-state index contributed by atoms with van der Waals surface area (Å²) in [6.45, 7) is 0. The molecule has 1 rings (SSSR count). The van der Waals surface area contributed by atoms with E-state index in [1.807, 2.05) is 25.1 Å². The highest BCUT2D eigenvalue weighted by Crippen LogP contribution is 2.28. The number of anilines is 2. The van der Waals surface area contributed by atoms with E-state index in [-0.39, 0.29) is 0 Å². The van der Waals surface area contributed by atoms with Crippen molar-refractivity contribution in [1.82, 2.24) is 4.98 Å². The summed E-state index contributed by atoms with van der Waals surface area (Å²) in [4.78, 5) is 5.89. The van der Waals surface area contributed by atoms with Crippen molar-refractivity contribution < 1.29 is 0 Å². The molecule has 0 atom stereocenters. The van der Waals surface area contributed by atoms with Crippen LogP contribution in [0.2, 0.25) is 0 Å². The molecule has 1 aromatic rings. The van der Waals surface area contributed by atoms with Crippen molar-refractivity contribution >= 4 is 27.4 Å². The molecular formula is C7H10BrN3. The van der Waals surface area contributed by atoms with Crippen molar-refractivity contribution in [2.75, 3.05) is 24.7 Å². The predicted octanol–water partition coefficient (Wildman–Crippen LogP) is 1.49. The Bertz CT molecular complexity index is 240. The first-order valence-electron chi connectivity index (χ1n) is 3.20. The van der Waals surface area contributed by atoms with Crippen molar-refractivity contribution in [2.45, 2.75) is 0 Å². The van der Waals surface area contributed by atoms with Gasteiger partial charge in [0.1, 0.15) is 5.82 Å². The van der Waals surface area contributed by atoms with Crippen LogP contribution in [0.5, 0.6) is 0 Å². The summed E-state index contributed by atoms with van der Waals surface area (Å²) in [6.07, 6.45) is 1.67. The lowest BCUT2D eigenvalue weighted by molar-refractivity contribution is 1.11. The maximum atomic E-state index is 5.64. The highest BCUT2D eigenvalue weighted by Gasteiger charge is 2.05. The van der Waals surface area contributed by atoms with Crippen LogP contribution in [0.1, 0.15) is 0 Å². The molecule has 0 spiro atoms. The van der Waals surface area contributed by atoms with Gasteiger partial charge < -0.3 is 10.6 Å². The summed E-state index contributed by atoms with van der Waals surface area (Å²) in [5.74, 6) is 0.546. The third-order valence-electron chi connectivity index (χ3n) is 1.35. The number of hydrogen-bond donors (Lipinski definition) is 1. The smallest absolute Gasteiger partial charge is 0.148 e. The average Bonchev–Trinajstić information content (AvgIpc) is 1.85. The minimum Gasteiger partial charge on any atom is -0.382 e. The minimum absolute atomic E-state index is 0.546. The lowest BCUT2D eigenvalue weighted by Crippen LogP contribution is -2.12. The van der Waals surface area contributed by atoms with Gasteiger partial charge in [-0.25, -0.2) is 4.98 Å². The molecular weight excluding hydrogens is 206 g/mol. The van der Waals surface area contributed by atoms with Crippen LogP contribution in [-0.4, -0.2) is 19.1 Å². The van der Waals surface area contributed by atoms with Gasteiger partial charge >= 0.3 is 0 Å². The molecule has 0 saturated carbocycles. The Kier molecular flexibility index (Phi) is 2.34. The van der Waals surface area contributed by atoms with Gasteiger partial charge in [-0.1, -0.05) is 0 Å². The number of nitrogens with two attached hydrogens (primary N) is 1. The fraction of sp³-hybridized carbons (Fsp3) is 0.286. The molecule has 0 aromatic carbocycles. The van der Waals surface area contributed by atoms with Gasteiger partial charge in [-0.15, -0.1) is 0 Å². The van der Waals surface area contributed by atoms with Gasteiger partial charge in [-0.2, -0.15) is 0 Å². The average molecular weight is 216 g/mol. The van der Waals surface area contributed by atoms with Gasteiger partial charge in [0.2, 0.25) is 0 Å². The van der Waals surface area contributed by atoms with Gasteiger partial charge in [0.15, 0.2) is 0 Å². The third kappa shape index (κ3) is 1.63. The summed E-state index contributed by atoms with van der Waals surface area (Å²) in [5.41, 5.74) is 6.56. The molecule has 0 saturated heterocycles. The van der Waals surface area contributed by atoms with Crippen molar-refractivity contribution in [3.8, 4) is 0 Å². The first-order chi connectivity index (χ1) is 5.13. The van der Waals surface area contributed by atoms with Crippen LogP contribution in [0.15, 0.2) is 16.7 Å². The molecule has 2 N–H and O–H groups in total. The summed E-state index contributed by atoms with van der Waals surface area (Å²) < 4.78 is 0.968.